The molecule has 0 N–H and O–H groups in total. The molecule has 2 heterocycles. The van der Waals surface area contributed by atoms with Gasteiger partial charge in [0, 0.05) is 30.3 Å². The highest BCUT2D eigenvalue weighted by Gasteiger charge is 2.10. The Morgan fingerprint density at radius 3 is 2.75 bits per heavy atom. The quantitative estimate of drug-likeness (QED) is 0.645. The summed E-state index contributed by atoms with van der Waals surface area (Å²) < 4.78 is 4.37. The summed E-state index contributed by atoms with van der Waals surface area (Å²) >= 11 is 1.68. The number of aromatic nitrogens is 2. The lowest BCUT2D eigenvalue weighted by Gasteiger charge is -2.02. The molecule has 1 aromatic carbocycles. The summed E-state index contributed by atoms with van der Waals surface area (Å²) in [5.74, 6) is 0. The molecule has 0 atom stereocenters. The molecule has 0 unspecified atom stereocenters. The molecule has 2 aromatic heterocycles. The Morgan fingerprint density at radius 2 is 2.05 bits per heavy atom. The molecule has 3 rings (SSSR count). The van der Waals surface area contributed by atoms with Gasteiger partial charge in [-0.3, -0.25) is 0 Å². The van der Waals surface area contributed by atoms with Crippen LogP contribution in [0.2, 0.25) is 0 Å². The fraction of sp³-hybridized carbons (Fsp3) is 0.250. The highest BCUT2D eigenvalue weighted by molar-refractivity contribution is 7.07. The van der Waals surface area contributed by atoms with Crippen LogP contribution in [0.3, 0.4) is 0 Å². The predicted molar refractivity (Wildman–Crippen MR) is 83.1 cm³/mol. The average Bonchev–Trinajstić information content (AvgIpc) is 2.79. The van der Waals surface area contributed by atoms with Gasteiger partial charge in [0.05, 0.1) is 11.1 Å². The van der Waals surface area contributed by atoms with Crippen LogP contribution in [0.1, 0.15) is 12.6 Å². The Hall–Kier alpha value is -1.94. The van der Waals surface area contributed by atoms with Crippen molar-refractivity contribution in [2.24, 2.45) is 12.0 Å². The van der Waals surface area contributed by atoms with Gasteiger partial charge in [0.2, 0.25) is 5.52 Å². The van der Waals surface area contributed by atoms with Gasteiger partial charge >= 0.3 is 0 Å². The molecule has 0 aliphatic rings. The fourth-order valence-corrected chi connectivity index (χ4v) is 3.18. The summed E-state index contributed by atoms with van der Waals surface area (Å²) in [6.45, 7) is 5.22. The first-order valence-electron chi connectivity index (χ1n) is 6.77. The Balaban J connectivity index is 2.28. The Labute approximate surface area is 122 Å². The van der Waals surface area contributed by atoms with E-state index < -0.39 is 0 Å². The zero-order chi connectivity index (χ0) is 14.1. The second kappa shape index (κ2) is 5.21. The molecule has 102 valence electrons. The number of benzene rings is 1. The maximum atomic E-state index is 4.83. The van der Waals surface area contributed by atoms with Crippen LogP contribution in [0.25, 0.3) is 10.9 Å². The largest absolute Gasteiger partial charge is 0.324 e. The monoisotopic (exact) mass is 284 g/mol. The van der Waals surface area contributed by atoms with E-state index in [1.807, 2.05) is 0 Å². The van der Waals surface area contributed by atoms with Crippen LogP contribution in [0, 0.1) is 6.92 Å². The van der Waals surface area contributed by atoms with E-state index in [4.69, 9.17) is 4.99 Å². The molecule has 0 saturated carbocycles. The van der Waals surface area contributed by atoms with Crippen LogP contribution in [0.15, 0.2) is 46.9 Å². The summed E-state index contributed by atoms with van der Waals surface area (Å²) in [5.41, 5.74) is 3.49. The number of rotatable bonds is 2. The molecule has 3 aromatic rings. The second-order valence-electron chi connectivity index (χ2n) is 4.83. The third-order valence-corrected chi connectivity index (χ3v) is 4.64. The molecule has 4 heteroatoms. The number of aryl methyl sites for hydroxylation is 2. The lowest BCUT2D eigenvalue weighted by Crippen LogP contribution is -2.32. The predicted octanol–water partition coefficient (Wildman–Crippen LogP) is 3.09. The van der Waals surface area contributed by atoms with Crippen molar-refractivity contribution < 1.29 is 4.57 Å². The van der Waals surface area contributed by atoms with Crippen LogP contribution in [0.5, 0.6) is 0 Å². The highest BCUT2D eigenvalue weighted by atomic mass is 32.1. The molecule has 0 spiro atoms. The SMILES string of the molecule is CC[n+]1ccc(N=c2scc(C)n2C)c2ccccc21. The van der Waals surface area contributed by atoms with Crippen molar-refractivity contribution in [3.05, 3.63) is 52.4 Å². The zero-order valence-corrected chi connectivity index (χ0v) is 12.8. The number of thiazole rings is 1. The van der Waals surface area contributed by atoms with Crippen LogP contribution in [-0.2, 0) is 13.6 Å². The van der Waals surface area contributed by atoms with Crippen molar-refractivity contribution in [3.63, 3.8) is 0 Å². The first-order chi connectivity index (χ1) is 9.70. The number of nitrogens with zero attached hydrogens (tertiary/aromatic N) is 3. The van der Waals surface area contributed by atoms with E-state index in [-0.39, 0.29) is 0 Å². The number of para-hydroxylation sites is 1. The first kappa shape index (κ1) is 13.1. The maximum Gasteiger partial charge on any atom is 0.214 e. The molecule has 20 heavy (non-hydrogen) atoms. The van der Waals surface area contributed by atoms with E-state index in [2.05, 4.69) is 71.9 Å². The summed E-state index contributed by atoms with van der Waals surface area (Å²) in [5, 5.41) is 3.33. The molecular weight excluding hydrogens is 266 g/mol. The molecular formula is C16H18N3S+. The molecule has 0 saturated heterocycles. The van der Waals surface area contributed by atoms with Crippen molar-refractivity contribution in [1.29, 1.82) is 0 Å². The highest BCUT2D eigenvalue weighted by Crippen LogP contribution is 2.22. The lowest BCUT2D eigenvalue weighted by atomic mass is 10.2. The van der Waals surface area contributed by atoms with E-state index in [0.717, 1.165) is 17.0 Å². The van der Waals surface area contributed by atoms with Gasteiger partial charge in [-0.05, 0) is 19.9 Å². The van der Waals surface area contributed by atoms with E-state index in [0.29, 0.717) is 0 Å². The molecule has 0 aliphatic heterocycles. The molecule has 0 radical (unpaired) electrons. The Kier molecular flexibility index (Phi) is 3.40. The summed E-state index contributed by atoms with van der Waals surface area (Å²) in [6, 6.07) is 10.5. The Morgan fingerprint density at radius 1 is 1.25 bits per heavy atom. The van der Waals surface area contributed by atoms with Crippen molar-refractivity contribution in [2.75, 3.05) is 0 Å². The molecule has 0 fully saturated rings. The van der Waals surface area contributed by atoms with Crippen molar-refractivity contribution in [2.45, 2.75) is 20.4 Å². The van der Waals surface area contributed by atoms with E-state index in [1.54, 1.807) is 11.3 Å². The van der Waals surface area contributed by atoms with Gasteiger partial charge in [-0.1, -0.05) is 12.1 Å². The van der Waals surface area contributed by atoms with Crippen molar-refractivity contribution in [3.8, 4) is 0 Å². The van der Waals surface area contributed by atoms with Crippen LogP contribution in [-0.4, -0.2) is 4.57 Å². The number of hydrogen-bond donors (Lipinski definition) is 0. The van der Waals surface area contributed by atoms with Gasteiger partial charge in [-0.25, -0.2) is 4.99 Å². The third kappa shape index (κ3) is 2.16. The van der Waals surface area contributed by atoms with E-state index >= 15 is 0 Å². The summed E-state index contributed by atoms with van der Waals surface area (Å²) in [7, 11) is 2.06. The number of hydrogen-bond acceptors (Lipinski definition) is 2. The van der Waals surface area contributed by atoms with Crippen LogP contribution < -0.4 is 9.37 Å². The van der Waals surface area contributed by atoms with Gasteiger partial charge in [0.1, 0.15) is 6.54 Å². The fourth-order valence-electron chi connectivity index (χ4n) is 2.30. The minimum absolute atomic E-state index is 0.965. The maximum absolute atomic E-state index is 4.83. The topological polar surface area (TPSA) is 21.2 Å². The molecule has 3 nitrogen and oxygen atoms in total. The normalized spacial score (nSPS) is 12.2. The van der Waals surface area contributed by atoms with Crippen LogP contribution in [0.4, 0.5) is 5.69 Å². The van der Waals surface area contributed by atoms with Gasteiger partial charge in [0.15, 0.2) is 11.0 Å². The minimum atomic E-state index is 0.965. The summed E-state index contributed by atoms with van der Waals surface area (Å²) in [6.07, 6.45) is 2.11. The molecule has 0 aliphatic carbocycles. The standard InChI is InChI=1S/C16H18N3S/c1-4-19-10-9-14(13-7-5-6-8-15(13)19)17-16-18(3)12(2)11-20-16/h5-11H,4H2,1-3H3/q+1. The smallest absolute Gasteiger partial charge is 0.214 e. The lowest BCUT2D eigenvalue weighted by molar-refractivity contribution is -0.667. The Bertz CT molecular complexity index is 827. The number of pyridine rings is 1. The zero-order valence-electron chi connectivity index (χ0n) is 12.0. The van der Waals surface area contributed by atoms with Crippen LogP contribution >= 0.6 is 11.3 Å². The van der Waals surface area contributed by atoms with E-state index in [9.17, 15) is 0 Å². The van der Waals surface area contributed by atoms with Gasteiger partial charge in [-0.2, -0.15) is 4.57 Å². The van der Waals surface area contributed by atoms with Gasteiger partial charge in [-0.15, -0.1) is 11.3 Å². The second-order valence-corrected chi connectivity index (χ2v) is 5.67. The van der Waals surface area contributed by atoms with E-state index in [1.165, 1.54) is 16.6 Å². The van der Waals surface area contributed by atoms with Gasteiger partial charge < -0.3 is 4.57 Å². The molecule has 0 amide bonds. The average molecular weight is 284 g/mol. The van der Waals surface area contributed by atoms with Gasteiger partial charge in [0.25, 0.3) is 0 Å². The van der Waals surface area contributed by atoms with Crippen molar-refractivity contribution in [1.82, 2.24) is 4.57 Å². The third-order valence-electron chi connectivity index (χ3n) is 3.61. The minimum Gasteiger partial charge on any atom is -0.324 e. The van der Waals surface area contributed by atoms with Crippen molar-refractivity contribution >= 4 is 27.9 Å². The number of fused-ring (bicyclic) bond motifs is 1. The summed E-state index contributed by atoms with van der Waals surface area (Å²) in [4.78, 5) is 5.86. The first-order valence-corrected chi connectivity index (χ1v) is 7.65. The molecule has 0 bridgehead atoms.